The number of ether oxygens (including phenoxy) is 4. The van der Waals surface area contributed by atoms with Crippen molar-refractivity contribution in [1.29, 1.82) is 0 Å². The van der Waals surface area contributed by atoms with Crippen molar-refractivity contribution in [3.8, 4) is 17.2 Å². The minimum atomic E-state index is -0.647. The fourth-order valence-corrected chi connectivity index (χ4v) is 2.85. The van der Waals surface area contributed by atoms with Crippen molar-refractivity contribution in [2.24, 2.45) is 0 Å². The highest BCUT2D eigenvalue weighted by molar-refractivity contribution is 14.1. The van der Waals surface area contributed by atoms with Gasteiger partial charge in [-0.2, -0.15) is 0 Å². The van der Waals surface area contributed by atoms with Crippen molar-refractivity contribution < 1.29 is 28.5 Å². The molecule has 0 fully saturated rings. The fourth-order valence-electron chi connectivity index (χ4n) is 2.31. The van der Waals surface area contributed by atoms with Crippen LogP contribution in [0.15, 0.2) is 42.5 Å². The Kier molecular flexibility index (Phi) is 8.12. The molecule has 0 saturated heterocycles. The third-order valence-corrected chi connectivity index (χ3v) is 4.22. The molecule has 0 unspecified atom stereocenters. The number of nitrogens with one attached hydrogen (secondary N) is 1. The first-order chi connectivity index (χ1) is 13.5. The number of halogens is 1. The van der Waals surface area contributed by atoms with Crippen LogP contribution < -0.4 is 19.5 Å². The van der Waals surface area contributed by atoms with Gasteiger partial charge in [-0.05, 0) is 64.6 Å². The molecule has 0 radical (unpaired) electrons. The van der Waals surface area contributed by atoms with Gasteiger partial charge >= 0.3 is 5.97 Å². The lowest BCUT2D eigenvalue weighted by atomic mass is 10.1. The van der Waals surface area contributed by atoms with E-state index in [2.05, 4.69) is 27.9 Å². The van der Waals surface area contributed by atoms with Gasteiger partial charge in [-0.25, -0.2) is 4.79 Å². The van der Waals surface area contributed by atoms with Gasteiger partial charge in [-0.15, -0.1) is 0 Å². The lowest BCUT2D eigenvalue weighted by Gasteiger charge is -2.12. The summed E-state index contributed by atoms with van der Waals surface area (Å²) in [6, 6.07) is 10.7. The molecule has 0 atom stereocenters. The molecule has 1 amide bonds. The van der Waals surface area contributed by atoms with E-state index >= 15 is 0 Å². The van der Waals surface area contributed by atoms with Crippen LogP contribution in [0.3, 0.4) is 0 Å². The number of amides is 1. The summed E-state index contributed by atoms with van der Waals surface area (Å²) < 4.78 is 21.7. The maximum atomic E-state index is 11.9. The summed E-state index contributed by atoms with van der Waals surface area (Å²) in [5.41, 5.74) is 1.29. The minimum absolute atomic E-state index is 0.385. The van der Waals surface area contributed by atoms with Crippen LogP contribution in [0.2, 0.25) is 0 Å². The molecule has 28 heavy (non-hydrogen) atoms. The SMILES string of the molecule is COc1cc(C=CC(=O)OCC(=O)Nc2cccc(I)c2)cc(OC)c1OC. The van der Waals surface area contributed by atoms with Crippen LogP contribution in [0.25, 0.3) is 6.08 Å². The molecule has 0 heterocycles. The van der Waals surface area contributed by atoms with Gasteiger partial charge in [0.05, 0.1) is 21.3 Å². The summed E-state index contributed by atoms with van der Waals surface area (Å²) >= 11 is 2.14. The van der Waals surface area contributed by atoms with Gasteiger partial charge in [0.25, 0.3) is 5.91 Å². The van der Waals surface area contributed by atoms with Crippen molar-refractivity contribution in [2.45, 2.75) is 0 Å². The average Bonchev–Trinajstić information content (AvgIpc) is 2.69. The highest BCUT2D eigenvalue weighted by atomic mass is 127. The molecular weight excluding hydrogens is 477 g/mol. The predicted octanol–water partition coefficient (Wildman–Crippen LogP) is 3.51. The van der Waals surface area contributed by atoms with Crippen molar-refractivity contribution in [1.82, 2.24) is 0 Å². The molecule has 2 rings (SSSR count). The number of carbonyl (C=O) groups excluding carboxylic acids is 2. The number of benzene rings is 2. The molecule has 1 N–H and O–H groups in total. The normalized spacial score (nSPS) is 10.4. The number of methoxy groups -OCH3 is 3. The van der Waals surface area contributed by atoms with E-state index < -0.39 is 11.9 Å². The van der Waals surface area contributed by atoms with Gasteiger partial charge < -0.3 is 24.3 Å². The zero-order valence-electron chi connectivity index (χ0n) is 15.7. The van der Waals surface area contributed by atoms with Crippen LogP contribution in [-0.2, 0) is 14.3 Å². The standard InChI is InChI=1S/C20H20INO6/c1-25-16-9-13(10-17(26-2)20(16)27-3)7-8-19(24)28-12-18(23)22-15-6-4-5-14(21)11-15/h4-11H,12H2,1-3H3,(H,22,23). The highest BCUT2D eigenvalue weighted by Gasteiger charge is 2.12. The topological polar surface area (TPSA) is 83.1 Å². The monoisotopic (exact) mass is 497 g/mol. The first-order valence-electron chi connectivity index (χ1n) is 8.17. The van der Waals surface area contributed by atoms with Crippen LogP contribution in [0, 0.1) is 3.57 Å². The Hall–Kier alpha value is -2.75. The van der Waals surface area contributed by atoms with E-state index in [-0.39, 0.29) is 6.61 Å². The Bertz CT molecular complexity index is 856. The lowest BCUT2D eigenvalue weighted by molar-refractivity contribution is -0.142. The van der Waals surface area contributed by atoms with Crippen LogP contribution in [0.5, 0.6) is 17.2 Å². The fraction of sp³-hybridized carbons (Fsp3) is 0.200. The van der Waals surface area contributed by atoms with E-state index in [0.29, 0.717) is 28.5 Å². The van der Waals surface area contributed by atoms with Crippen molar-refractivity contribution in [2.75, 3.05) is 33.3 Å². The summed E-state index contributed by atoms with van der Waals surface area (Å²) in [5, 5.41) is 2.66. The van der Waals surface area contributed by atoms with Gasteiger partial charge in [-0.3, -0.25) is 4.79 Å². The summed E-state index contributed by atoms with van der Waals surface area (Å²) in [4.78, 5) is 23.8. The number of hydrogen-bond donors (Lipinski definition) is 1. The molecule has 2 aromatic rings. The zero-order valence-corrected chi connectivity index (χ0v) is 17.8. The molecule has 8 heteroatoms. The van der Waals surface area contributed by atoms with Gasteiger partial charge in [0, 0.05) is 15.3 Å². The summed E-state index contributed by atoms with van der Waals surface area (Å²) in [5.74, 6) is 0.318. The minimum Gasteiger partial charge on any atom is -0.493 e. The van der Waals surface area contributed by atoms with E-state index in [1.165, 1.54) is 33.5 Å². The number of carbonyl (C=O) groups is 2. The second-order valence-electron chi connectivity index (χ2n) is 5.46. The molecule has 148 valence electrons. The van der Waals surface area contributed by atoms with E-state index in [1.54, 1.807) is 18.2 Å². The maximum absolute atomic E-state index is 11.9. The van der Waals surface area contributed by atoms with Crippen LogP contribution >= 0.6 is 22.6 Å². The molecular formula is C20H20INO6. The molecule has 0 aliphatic carbocycles. The van der Waals surface area contributed by atoms with Gasteiger partial charge in [0.1, 0.15) is 0 Å². The molecule has 0 spiro atoms. The number of esters is 1. The van der Waals surface area contributed by atoms with Crippen molar-refractivity contribution in [3.63, 3.8) is 0 Å². The van der Waals surface area contributed by atoms with Gasteiger partial charge in [-0.1, -0.05) is 6.07 Å². The molecule has 7 nitrogen and oxygen atoms in total. The van der Waals surface area contributed by atoms with E-state index in [9.17, 15) is 9.59 Å². The van der Waals surface area contributed by atoms with Gasteiger partial charge in [0.2, 0.25) is 5.75 Å². The Morgan fingerprint density at radius 3 is 2.29 bits per heavy atom. The van der Waals surface area contributed by atoms with Gasteiger partial charge in [0.15, 0.2) is 18.1 Å². The average molecular weight is 497 g/mol. The third kappa shape index (κ3) is 6.15. The number of rotatable bonds is 8. The smallest absolute Gasteiger partial charge is 0.331 e. The summed E-state index contributed by atoms with van der Waals surface area (Å²) in [6.07, 6.45) is 2.75. The molecule has 0 saturated carbocycles. The van der Waals surface area contributed by atoms with Crippen LogP contribution in [-0.4, -0.2) is 39.8 Å². The van der Waals surface area contributed by atoms with Crippen LogP contribution in [0.4, 0.5) is 5.69 Å². The number of anilines is 1. The van der Waals surface area contributed by atoms with E-state index in [1.807, 2.05) is 18.2 Å². The molecule has 0 aromatic heterocycles. The largest absolute Gasteiger partial charge is 0.493 e. The first-order valence-corrected chi connectivity index (χ1v) is 9.25. The quantitative estimate of drug-likeness (QED) is 0.342. The molecule has 2 aromatic carbocycles. The second-order valence-corrected chi connectivity index (χ2v) is 6.70. The summed E-state index contributed by atoms with van der Waals surface area (Å²) in [6.45, 7) is -0.385. The maximum Gasteiger partial charge on any atom is 0.331 e. The number of hydrogen-bond acceptors (Lipinski definition) is 6. The Labute approximate surface area is 176 Å². The second kappa shape index (κ2) is 10.5. The summed E-state index contributed by atoms with van der Waals surface area (Å²) in [7, 11) is 4.52. The Morgan fingerprint density at radius 2 is 1.71 bits per heavy atom. The highest BCUT2D eigenvalue weighted by Crippen LogP contribution is 2.38. The molecule has 0 aliphatic heterocycles. The zero-order chi connectivity index (χ0) is 20.5. The van der Waals surface area contributed by atoms with E-state index in [0.717, 1.165) is 3.57 Å². The first kappa shape index (κ1) is 21.5. The van der Waals surface area contributed by atoms with Crippen molar-refractivity contribution in [3.05, 3.63) is 51.6 Å². The predicted molar refractivity (Wildman–Crippen MR) is 114 cm³/mol. The van der Waals surface area contributed by atoms with E-state index in [4.69, 9.17) is 18.9 Å². The molecule has 0 bridgehead atoms. The van der Waals surface area contributed by atoms with Crippen molar-refractivity contribution >= 4 is 46.2 Å². The molecule has 0 aliphatic rings. The lowest BCUT2D eigenvalue weighted by Crippen LogP contribution is -2.20. The Balaban J connectivity index is 1.95. The Morgan fingerprint density at radius 1 is 1.04 bits per heavy atom. The third-order valence-electron chi connectivity index (χ3n) is 3.55. The van der Waals surface area contributed by atoms with Crippen LogP contribution in [0.1, 0.15) is 5.56 Å².